The molecule has 0 bridgehead atoms. The molecule has 0 saturated heterocycles. The lowest BCUT2D eigenvalue weighted by molar-refractivity contribution is 0.295. The molecule has 1 aromatic rings. The maximum Gasteiger partial charge on any atom is 0.0428 e. The number of aryl methyl sites for hydroxylation is 2. The Balaban J connectivity index is -0.000000213. The number of rotatable bonds is 1. The van der Waals surface area contributed by atoms with Crippen molar-refractivity contribution in [1.29, 1.82) is 0 Å². The molecular formula is C11H21Cl2NO. The predicted octanol–water partition coefficient (Wildman–Crippen LogP) is 3.12. The van der Waals surface area contributed by atoms with Crippen molar-refractivity contribution in [3.8, 4) is 0 Å². The minimum Gasteiger partial charge on any atom is -0.399 e. The van der Waals surface area contributed by atoms with Crippen LogP contribution >= 0.6 is 24.8 Å². The van der Waals surface area contributed by atoms with E-state index in [-0.39, 0.29) is 24.8 Å². The van der Waals surface area contributed by atoms with Crippen LogP contribution in [0.2, 0.25) is 0 Å². The first kappa shape index (κ1) is 20.0. The minimum absolute atomic E-state index is 0. The smallest absolute Gasteiger partial charge is 0.0428 e. The first-order chi connectivity index (χ1) is 6.11. The van der Waals surface area contributed by atoms with Crippen molar-refractivity contribution in [2.75, 3.05) is 12.3 Å². The van der Waals surface area contributed by atoms with Crippen LogP contribution in [0.15, 0.2) is 18.2 Å². The van der Waals surface area contributed by atoms with E-state index in [9.17, 15) is 0 Å². The summed E-state index contributed by atoms with van der Waals surface area (Å²) in [5, 5.41) is 7.88. The zero-order valence-electron chi connectivity index (χ0n) is 9.49. The third-order valence-corrected chi connectivity index (χ3v) is 1.65. The molecule has 4 heteroatoms. The van der Waals surface area contributed by atoms with E-state index in [0.29, 0.717) is 6.61 Å². The molecule has 2 nitrogen and oxygen atoms in total. The Morgan fingerprint density at radius 2 is 1.67 bits per heavy atom. The Labute approximate surface area is 105 Å². The maximum atomic E-state index is 7.88. The summed E-state index contributed by atoms with van der Waals surface area (Å²) in [6.07, 6.45) is 0.875. The molecule has 0 saturated carbocycles. The maximum absolute atomic E-state index is 7.88. The van der Waals surface area contributed by atoms with Crippen LogP contribution in [0.5, 0.6) is 0 Å². The highest BCUT2D eigenvalue weighted by atomic mass is 35.5. The van der Waals surface area contributed by atoms with Crippen LogP contribution < -0.4 is 5.73 Å². The van der Waals surface area contributed by atoms with Gasteiger partial charge in [0.2, 0.25) is 0 Å². The topological polar surface area (TPSA) is 46.2 Å². The summed E-state index contributed by atoms with van der Waals surface area (Å²) in [5.41, 5.74) is 8.89. The number of hydrogen-bond acceptors (Lipinski definition) is 2. The van der Waals surface area contributed by atoms with Gasteiger partial charge in [0.25, 0.3) is 0 Å². The van der Waals surface area contributed by atoms with Crippen LogP contribution in [0.25, 0.3) is 0 Å². The van der Waals surface area contributed by atoms with Gasteiger partial charge in [-0.15, -0.1) is 24.8 Å². The monoisotopic (exact) mass is 253 g/mol. The third-order valence-electron chi connectivity index (χ3n) is 1.65. The van der Waals surface area contributed by atoms with E-state index in [0.717, 1.165) is 17.7 Å². The fraction of sp³-hybridized carbons (Fsp3) is 0.455. The lowest BCUT2D eigenvalue weighted by Crippen LogP contribution is -1.88. The van der Waals surface area contributed by atoms with Crippen molar-refractivity contribution in [3.05, 3.63) is 29.3 Å². The van der Waals surface area contributed by atoms with E-state index in [1.165, 1.54) is 5.56 Å². The average Bonchev–Trinajstić information content (AvgIpc) is 2.12. The van der Waals surface area contributed by atoms with Crippen LogP contribution in [0.4, 0.5) is 5.69 Å². The SMILES string of the molecule is CCCO.Cc1ccc(N)c(C)c1.Cl.Cl. The molecule has 1 rings (SSSR count). The van der Waals surface area contributed by atoms with Gasteiger partial charge in [-0.2, -0.15) is 0 Å². The minimum atomic E-state index is 0. The Kier molecular flexibility index (Phi) is 15.5. The van der Waals surface area contributed by atoms with E-state index < -0.39 is 0 Å². The largest absolute Gasteiger partial charge is 0.399 e. The first-order valence-electron chi connectivity index (χ1n) is 4.55. The summed E-state index contributed by atoms with van der Waals surface area (Å²) < 4.78 is 0. The summed E-state index contributed by atoms with van der Waals surface area (Å²) in [7, 11) is 0. The zero-order chi connectivity index (χ0) is 10.3. The molecule has 1 aromatic carbocycles. The molecule has 0 spiro atoms. The molecule has 0 unspecified atom stereocenters. The van der Waals surface area contributed by atoms with Crippen molar-refractivity contribution >= 4 is 30.5 Å². The second kappa shape index (κ2) is 11.6. The summed E-state index contributed by atoms with van der Waals surface area (Å²) >= 11 is 0. The third kappa shape index (κ3) is 9.85. The normalized spacial score (nSPS) is 7.73. The van der Waals surface area contributed by atoms with Crippen molar-refractivity contribution < 1.29 is 5.11 Å². The van der Waals surface area contributed by atoms with Crippen LogP contribution in [0.3, 0.4) is 0 Å². The summed E-state index contributed by atoms with van der Waals surface area (Å²) in [6.45, 7) is 6.33. The van der Waals surface area contributed by atoms with Gasteiger partial charge in [-0.3, -0.25) is 0 Å². The Bertz CT molecular complexity index is 252. The Morgan fingerprint density at radius 3 is 1.93 bits per heavy atom. The summed E-state index contributed by atoms with van der Waals surface area (Å²) in [5.74, 6) is 0. The van der Waals surface area contributed by atoms with E-state index in [2.05, 4.69) is 13.0 Å². The molecule has 0 aliphatic heterocycles. The summed E-state index contributed by atoms with van der Waals surface area (Å²) in [4.78, 5) is 0. The highest BCUT2D eigenvalue weighted by molar-refractivity contribution is 5.85. The quantitative estimate of drug-likeness (QED) is 0.756. The molecule has 0 heterocycles. The second-order valence-electron chi connectivity index (χ2n) is 3.08. The number of aliphatic hydroxyl groups is 1. The van der Waals surface area contributed by atoms with Gasteiger partial charge in [0.05, 0.1) is 0 Å². The number of nitrogens with two attached hydrogens (primary N) is 1. The number of benzene rings is 1. The van der Waals surface area contributed by atoms with Crippen LogP contribution in [-0.4, -0.2) is 11.7 Å². The van der Waals surface area contributed by atoms with Crippen molar-refractivity contribution in [3.63, 3.8) is 0 Å². The molecule has 0 aliphatic rings. The van der Waals surface area contributed by atoms with Gasteiger partial charge in [0.15, 0.2) is 0 Å². The molecule has 0 aliphatic carbocycles. The molecule has 90 valence electrons. The fourth-order valence-corrected chi connectivity index (χ4v) is 0.826. The van der Waals surface area contributed by atoms with Gasteiger partial charge >= 0.3 is 0 Å². The average molecular weight is 254 g/mol. The first-order valence-corrected chi connectivity index (χ1v) is 4.55. The number of anilines is 1. The van der Waals surface area contributed by atoms with E-state index in [1.54, 1.807) is 0 Å². The Hall–Kier alpha value is -0.440. The van der Waals surface area contributed by atoms with Crippen molar-refractivity contribution in [2.45, 2.75) is 27.2 Å². The molecule has 0 atom stereocenters. The van der Waals surface area contributed by atoms with Gasteiger partial charge in [0, 0.05) is 12.3 Å². The van der Waals surface area contributed by atoms with Crippen LogP contribution in [0.1, 0.15) is 24.5 Å². The summed E-state index contributed by atoms with van der Waals surface area (Å²) in [6, 6.07) is 6.03. The van der Waals surface area contributed by atoms with E-state index in [4.69, 9.17) is 10.8 Å². The van der Waals surface area contributed by atoms with Gasteiger partial charge in [-0.05, 0) is 31.9 Å². The zero-order valence-corrected chi connectivity index (χ0v) is 11.1. The van der Waals surface area contributed by atoms with Gasteiger partial charge < -0.3 is 10.8 Å². The van der Waals surface area contributed by atoms with E-state index >= 15 is 0 Å². The highest BCUT2D eigenvalue weighted by Gasteiger charge is 1.89. The lowest BCUT2D eigenvalue weighted by atomic mass is 10.1. The number of aliphatic hydroxyl groups excluding tert-OH is 1. The highest BCUT2D eigenvalue weighted by Crippen LogP contribution is 2.10. The van der Waals surface area contributed by atoms with Gasteiger partial charge in [-0.25, -0.2) is 0 Å². The van der Waals surface area contributed by atoms with Crippen molar-refractivity contribution in [1.82, 2.24) is 0 Å². The lowest BCUT2D eigenvalue weighted by Gasteiger charge is -1.98. The second-order valence-corrected chi connectivity index (χ2v) is 3.08. The fourth-order valence-electron chi connectivity index (χ4n) is 0.826. The number of nitrogen functional groups attached to an aromatic ring is 1. The standard InChI is InChI=1S/C8H11N.C3H8O.2ClH/c1-6-3-4-8(9)7(2)5-6;1-2-3-4;;/h3-5H,9H2,1-2H3;4H,2-3H2,1H3;2*1H. The predicted molar refractivity (Wildman–Crippen MR) is 72.2 cm³/mol. The van der Waals surface area contributed by atoms with Crippen molar-refractivity contribution in [2.24, 2.45) is 0 Å². The molecule has 0 radical (unpaired) electrons. The molecule has 0 amide bonds. The molecule has 3 N–H and O–H groups in total. The van der Waals surface area contributed by atoms with E-state index in [1.807, 2.05) is 26.0 Å². The number of halogens is 2. The Morgan fingerprint density at radius 1 is 1.20 bits per heavy atom. The van der Waals surface area contributed by atoms with Gasteiger partial charge in [-0.1, -0.05) is 24.6 Å². The molecular weight excluding hydrogens is 233 g/mol. The van der Waals surface area contributed by atoms with Crippen LogP contribution in [0, 0.1) is 13.8 Å². The van der Waals surface area contributed by atoms with Gasteiger partial charge in [0.1, 0.15) is 0 Å². The van der Waals surface area contributed by atoms with Crippen LogP contribution in [-0.2, 0) is 0 Å². The molecule has 0 fully saturated rings. The molecule has 0 aromatic heterocycles. The number of hydrogen-bond donors (Lipinski definition) is 2. The molecule has 15 heavy (non-hydrogen) atoms.